The van der Waals surface area contributed by atoms with Gasteiger partial charge in [-0.05, 0) is 43.3 Å². The maximum atomic E-state index is 12.7. The molecule has 0 spiro atoms. The van der Waals surface area contributed by atoms with E-state index in [0.29, 0.717) is 28.4 Å². The number of aromatic amines is 1. The highest BCUT2D eigenvalue weighted by Gasteiger charge is 2.18. The van der Waals surface area contributed by atoms with Crippen LogP contribution in [0.4, 0.5) is 17.2 Å². The summed E-state index contributed by atoms with van der Waals surface area (Å²) in [6, 6.07) is 17.5. The van der Waals surface area contributed by atoms with Crippen LogP contribution in [-0.2, 0) is 0 Å². The van der Waals surface area contributed by atoms with Gasteiger partial charge < -0.3 is 15.4 Å². The fraction of sp³-hybridized carbons (Fsp3) is 0.0952. The van der Waals surface area contributed by atoms with Crippen molar-refractivity contribution in [2.45, 2.75) is 6.92 Å². The van der Waals surface area contributed by atoms with E-state index in [1.54, 1.807) is 38.3 Å². The quantitative estimate of drug-likeness (QED) is 0.486. The van der Waals surface area contributed by atoms with Gasteiger partial charge in [-0.2, -0.15) is 4.52 Å². The third-order valence-electron chi connectivity index (χ3n) is 4.38. The topological polar surface area (TPSA) is 101 Å². The lowest BCUT2D eigenvalue weighted by Crippen LogP contribution is -2.16. The average molecular weight is 389 g/mol. The Hall–Kier alpha value is -4.07. The standard InChI is InChI=1S/C21H19N5O3/c1-13-12-17(27)26-20(22-13)18(24-21(28)14-6-4-3-5-7-14)19(25-26)23-15-8-10-16(29-2)11-9-15/h3-12,23,25H,1-2H3,(H,24,28). The molecule has 0 unspecified atom stereocenters. The van der Waals surface area contributed by atoms with Crippen LogP contribution in [0.25, 0.3) is 5.65 Å². The Balaban J connectivity index is 1.78. The summed E-state index contributed by atoms with van der Waals surface area (Å²) in [6.07, 6.45) is 0. The Kier molecular flexibility index (Phi) is 4.74. The summed E-state index contributed by atoms with van der Waals surface area (Å²) >= 11 is 0. The van der Waals surface area contributed by atoms with Gasteiger partial charge in [0.25, 0.3) is 11.5 Å². The molecule has 0 aliphatic carbocycles. The second-order valence-corrected chi connectivity index (χ2v) is 6.43. The summed E-state index contributed by atoms with van der Waals surface area (Å²) in [7, 11) is 1.60. The van der Waals surface area contributed by atoms with E-state index in [9.17, 15) is 9.59 Å². The molecular formula is C21H19N5O3. The van der Waals surface area contributed by atoms with Crippen LogP contribution >= 0.6 is 0 Å². The predicted molar refractivity (Wildman–Crippen MR) is 111 cm³/mol. The smallest absolute Gasteiger partial charge is 0.273 e. The monoisotopic (exact) mass is 389 g/mol. The zero-order valence-electron chi connectivity index (χ0n) is 15.9. The second-order valence-electron chi connectivity index (χ2n) is 6.43. The number of H-pyrrole nitrogens is 1. The molecule has 0 saturated heterocycles. The van der Waals surface area contributed by atoms with Gasteiger partial charge in [-0.15, -0.1) is 0 Å². The average Bonchev–Trinajstić information content (AvgIpc) is 3.06. The van der Waals surface area contributed by atoms with Gasteiger partial charge in [0.1, 0.15) is 11.4 Å². The van der Waals surface area contributed by atoms with Crippen molar-refractivity contribution in [3.8, 4) is 5.75 Å². The molecule has 2 heterocycles. The molecule has 0 aliphatic rings. The molecule has 0 radical (unpaired) electrons. The van der Waals surface area contributed by atoms with Crippen LogP contribution in [0, 0.1) is 6.92 Å². The molecule has 8 heteroatoms. The number of hydrogen-bond acceptors (Lipinski definition) is 5. The Labute approximate surface area is 166 Å². The number of anilines is 3. The molecule has 0 saturated carbocycles. The van der Waals surface area contributed by atoms with Gasteiger partial charge in [0.15, 0.2) is 11.5 Å². The van der Waals surface area contributed by atoms with Crippen molar-refractivity contribution in [3.05, 3.63) is 82.3 Å². The molecule has 2 aromatic heterocycles. The molecule has 29 heavy (non-hydrogen) atoms. The number of aryl methyl sites for hydroxylation is 1. The summed E-state index contributed by atoms with van der Waals surface area (Å²) in [4.78, 5) is 29.6. The molecule has 4 aromatic rings. The van der Waals surface area contributed by atoms with Crippen molar-refractivity contribution in [1.29, 1.82) is 0 Å². The van der Waals surface area contributed by atoms with Gasteiger partial charge in [0.2, 0.25) is 0 Å². The summed E-state index contributed by atoms with van der Waals surface area (Å²) in [5, 5.41) is 9.04. The molecule has 3 N–H and O–H groups in total. The van der Waals surface area contributed by atoms with E-state index in [4.69, 9.17) is 4.74 Å². The number of nitrogens with one attached hydrogen (secondary N) is 3. The largest absolute Gasteiger partial charge is 0.497 e. The minimum Gasteiger partial charge on any atom is -0.497 e. The number of nitrogens with zero attached hydrogens (tertiary/aromatic N) is 2. The van der Waals surface area contributed by atoms with Gasteiger partial charge in [-0.25, -0.2) is 4.98 Å². The maximum Gasteiger partial charge on any atom is 0.273 e. The Bertz CT molecular complexity index is 1230. The van der Waals surface area contributed by atoms with Crippen molar-refractivity contribution in [2.75, 3.05) is 17.7 Å². The number of carbonyl (C=O) groups is 1. The maximum absolute atomic E-state index is 12.7. The third kappa shape index (κ3) is 3.68. The van der Waals surface area contributed by atoms with E-state index in [0.717, 1.165) is 11.4 Å². The number of fused-ring (bicyclic) bond motifs is 1. The van der Waals surface area contributed by atoms with Crippen LogP contribution in [0.15, 0.2) is 65.5 Å². The van der Waals surface area contributed by atoms with Crippen molar-refractivity contribution < 1.29 is 9.53 Å². The van der Waals surface area contributed by atoms with Crippen molar-refractivity contribution in [1.82, 2.24) is 14.6 Å². The minimum atomic E-state index is -0.305. The van der Waals surface area contributed by atoms with E-state index >= 15 is 0 Å². The molecule has 2 aromatic carbocycles. The van der Waals surface area contributed by atoms with E-state index < -0.39 is 0 Å². The first-order valence-electron chi connectivity index (χ1n) is 8.95. The number of aromatic nitrogens is 3. The fourth-order valence-electron chi connectivity index (χ4n) is 2.95. The Morgan fingerprint density at radius 1 is 1.10 bits per heavy atom. The normalized spacial score (nSPS) is 10.7. The molecule has 0 bridgehead atoms. The summed E-state index contributed by atoms with van der Waals surface area (Å²) < 4.78 is 6.46. The van der Waals surface area contributed by atoms with Crippen LogP contribution in [-0.4, -0.2) is 27.6 Å². The molecule has 0 fully saturated rings. The van der Waals surface area contributed by atoms with Crippen LogP contribution in [0.1, 0.15) is 16.1 Å². The van der Waals surface area contributed by atoms with E-state index in [2.05, 4.69) is 20.7 Å². The zero-order valence-corrected chi connectivity index (χ0v) is 15.9. The minimum absolute atomic E-state index is 0.273. The molecule has 1 amide bonds. The molecule has 4 rings (SSSR count). The highest BCUT2D eigenvalue weighted by Crippen LogP contribution is 2.29. The van der Waals surface area contributed by atoms with Crippen LogP contribution in [0.2, 0.25) is 0 Å². The first kappa shape index (κ1) is 18.3. The second kappa shape index (κ2) is 7.51. The highest BCUT2D eigenvalue weighted by molar-refractivity contribution is 6.08. The molecule has 8 nitrogen and oxygen atoms in total. The predicted octanol–water partition coefficient (Wildman–Crippen LogP) is 3.34. The molecule has 146 valence electrons. The lowest BCUT2D eigenvalue weighted by molar-refractivity contribution is 0.102. The highest BCUT2D eigenvalue weighted by atomic mass is 16.5. The number of carbonyl (C=O) groups excluding carboxylic acids is 1. The van der Waals surface area contributed by atoms with E-state index in [1.165, 1.54) is 10.6 Å². The fourth-order valence-corrected chi connectivity index (χ4v) is 2.95. The number of ether oxygens (including phenoxy) is 1. The first-order valence-corrected chi connectivity index (χ1v) is 8.95. The number of rotatable bonds is 5. The number of benzene rings is 2. The summed E-state index contributed by atoms with van der Waals surface area (Å²) in [5.74, 6) is 0.855. The number of amides is 1. The van der Waals surface area contributed by atoms with Gasteiger partial charge in [0, 0.05) is 23.0 Å². The van der Waals surface area contributed by atoms with Crippen LogP contribution < -0.4 is 20.9 Å². The number of hydrogen-bond donors (Lipinski definition) is 3. The van der Waals surface area contributed by atoms with Crippen molar-refractivity contribution >= 4 is 28.7 Å². The van der Waals surface area contributed by atoms with Crippen LogP contribution in [0.5, 0.6) is 5.75 Å². The van der Waals surface area contributed by atoms with Gasteiger partial charge in [0.05, 0.1) is 7.11 Å². The lowest BCUT2D eigenvalue weighted by atomic mass is 10.2. The SMILES string of the molecule is COc1ccc(Nc2[nH]n3c(=O)cc(C)nc3c2NC(=O)c2ccccc2)cc1. The van der Waals surface area contributed by atoms with E-state index in [-0.39, 0.29) is 11.5 Å². The first-order chi connectivity index (χ1) is 14.0. The molecule has 0 atom stereocenters. The Morgan fingerprint density at radius 2 is 1.83 bits per heavy atom. The molecular weight excluding hydrogens is 370 g/mol. The number of methoxy groups -OCH3 is 1. The van der Waals surface area contributed by atoms with Crippen LogP contribution in [0.3, 0.4) is 0 Å². The van der Waals surface area contributed by atoms with Crippen molar-refractivity contribution in [3.63, 3.8) is 0 Å². The zero-order chi connectivity index (χ0) is 20.4. The Morgan fingerprint density at radius 3 is 2.52 bits per heavy atom. The van der Waals surface area contributed by atoms with Crippen molar-refractivity contribution in [2.24, 2.45) is 0 Å². The molecule has 0 aliphatic heterocycles. The summed E-state index contributed by atoms with van der Waals surface area (Å²) in [6.45, 7) is 1.73. The van der Waals surface area contributed by atoms with Gasteiger partial charge in [-0.3, -0.25) is 14.7 Å². The summed E-state index contributed by atoms with van der Waals surface area (Å²) in [5.41, 5.74) is 2.24. The van der Waals surface area contributed by atoms with Gasteiger partial charge in [-0.1, -0.05) is 18.2 Å². The third-order valence-corrected chi connectivity index (χ3v) is 4.38. The lowest BCUT2D eigenvalue weighted by Gasteiger charge is -2.09. The van der Waals surface area contributed by atoms with Gasteiger partial charge >= 0.3 is 0 Å². The van der Waals surface area contributed by atoms with E-state index in [1.807, 2.05) is 30.3 Å².